The van der Waals surface area contributed by atoms with Crippen molar-refractivity contribution in [2.45, 2.75) is 6.04 Å². The lowest BCUT2D eigenvalue weighted by atomic mass is 10.2. The maximum atomic E-state index is 13.5. The summed E-state index contributed by atoms with van der Waals surface area (Å²) < 4.78 is 36.1. The molecule has 0 bridgehead atoms. The summed E-state index contributed by atoms with van der Waals surface area (Å²) in [6.07, 6.45) is 0. The zero-order valence-electron chi connectivity index (χ0n) is 10.4. The van der Waals surface area contributed by atoms with E-state index in [9.17, 15) is 13.6 Å². The predicted molar refractivity (Wildman–Crippen MR) is 68.6 cm³/mol. The number of carbonyl (C=O) groups is 1. The number of halogens is 3. The molecule has 0 radical (unpaired) electrons. The Morgan fingerprint density at radius 2 is 2.00 bits per heavy atom. The van der Waals surface area contributed by atoms with Crippen LogP contribution in [0.1, 0.15) is 0 Å². The largest absolute Gasteiger partial charge is 0.494 e. The third kappa shape index (κ3) is 4.62. The molecule has 0 saturated carbocycles. The molecule has 1 atom stereocenters. The summed E-state index contributed by atoms with van der Waals surface area (Å²) in [5.41, 5.74) is 5.14. The van der Waals surface area contributed by atoms with Gasteiger partial charge in [0.15, 0.2) is 17.4 Å². The summed E-state index contributed by atoms with van der Waals surface area (Å²) >= 11 is 0. The second-order valence-electron chi connectivity index (χ2n) is 3.52. The Hall–Kier alpha value is -1.44. The first-order valence-corrected chi connectivity index (χ1v) is 5.08. The van der Waals surface area contributed by atoms with Gasteiger partial charge in [0.2, 0.25) is 5.91 Å². The number of carbonyl (C=O) groups excluding carboxylic acids is 1. The number of anilines is 1. The number of hydrogen-bond acceptors (Lipinski definition) is 4. The van der Waals surface area contributed by atoms with Crippen molar-refractivity contribution in [1.29, 1.82) is 0 Å². The van der Waals surface area contributed by atoms with E-state index in [0.29, 0.717) is 0 Å². The molecule has 5 nitrogen and oxygen atoms in total. The first-order valence-electron chi connectivity index (χ1n) is 5.08. The molecule has 0 aliphatic rings. The van der Waals surface area contributed by atoms with Crippen LogP contribution in [-0.2, 0) is 9.53 Å². The summed E-state index contributed by atoms with van der Waals surface area (Å²) in [7, 11) is 2.59. The number of hydrogen-bond donors (Lipinski definition) is 2. The fraction of sp³-hybridized carbons (Fsp3) is 0.364. The number of ether oxygens (including phenoxy) is 2. The number of rotatable bonds is 5. The van der Waals surface area contributed by atoms with Crippen LogP contribution in [0.5, 0.6) is 5.75 Å². The second kappa shape index (κ2) is 7.88. The number of nitrogens with one attached hydrogen (secondary N) is 1. The van der Waals surface area contributed by atoms with E-state index in [0.717, 1.165) is 12.1 Å². The van der Waals surface area contributed by atoms with Gasteiger partial charge in [-0.3, -0.25) is 4.79 Å². The van der Waals surface area contributed by atoms with Gasteiger partial charge in [-0.25, -0.2) is 8.78 Å². The van der Waals surface area contributed by atoms with Gasteiger partial charge in [0.05, 0.1) is 19.4 Å². The number of methoxy groups -OCH3 is 2. The average Bonchev–Trinajstić information content (AvgIpc) is 2.33. The van der Waals surface area contributed by atoms with Crippen LogP contribution in [-0.4, -0.2) is 32.8 Å². The van der Waals surface area contributed by atoms with E-state index in [2.05, 4.69) is 14.8 Å². The van der Waals surface area contributed by atoms with Crippen molar-refractivity contribution in [3.8, 4) is 5.75 Å². The minimum atomic E-state index is -0.959. The Bertz CT molecular complexity index is 446. The maximum absolute atomic E-state index is 13.5. The Balaban J connectivity index is 0.00000324. The second-order valence-corrected chi connectivity index (χ2v) is 3.52. The van der Waals surface area contributed by atoms with Crippen LogP contribution in [0.15, 0.2) is 12.1 Å². The summed E-state index contributed by atoms with van der Waals surface area (Å²) in [4.78, 5) is 11.5. The topological polar surface area (TPSA) is 73.6 Å². The Morgan fingerprint density at radius 1 is 1.37 bits per heavy atom. The van der Waals surface area contributed by atoms with Crippen LogP contribution in [0, 0.1) is 11.6 Å². The molecule has 0 spiro atoms. The van der Waals surface area contributed by atoms with Gasteiger partial charge < -0.3 is 20.5 Å². The molecule has 108 valence electrons. The molecule has 0 aliphatic carbocycles. The fourth-order valence-electron chi connectivity index (χ4n) is 1.26. The molecule has 1 rings (SSSR count). The number of benzene rings is 1. The van der Waals surface area contributed by atoms with Crippen molar-refractivity contribution in [1.82, 2.24) is 0 Å². The fourth-order valence-corrected chi connectivity index (χ4v) is 1.26. The molecule has 0 saturated heterocycles. The highest BCUT2D eigenvalue weighted by atomic mass is 35.5. The Labute approximate surface area is 115 Å². The minimum Gasteiger partial charge on any atom is -0.494 e. The molecule has 1 aromatic rings. The SMILES string of the molecule is COCC(N)C(=O)Nc1cc(F)c(OC)cc1F.Cl. The van der Waals surface area contributed by atoms with Gasteiger partial charge in [0.25, 0.3) is 0 Å². The van der Waals surface area contributed by atoms with Gasteiger partial charge in [-0.15, -0.1) is 12.4 Å². The lowest BCUT2D eigenvalue weighted by Gasteiger charge is -2.12. The third-order valence-corrected chi connectivity index (χ3v) is 2.18. The van der Waals surface area contributed by atoms with Crippen LogP contribution in [0.4, 0.5) is 14.5 Å². The van der Waals surface area contributed by atoms with Gasteiger partial charge in [0.1, 0.15) is 6.04 Å². The molecule has 19 heavy (non-hydrogen) atoms. The van der Waals surface area contributed by atoms with Crippen LogP contribution in [0.25, 0.3) is 0 Å². The molecule has 3 N–H and O–H groups in total. The van der Waals surface area contributed by atoms with Gasteiger partial charge in [-0.1, -0.05) is 0 Å². The molecule has 0 heterocycles. The smallest absolute Gasteiger partial charge is 0.243 e. The first-order chi connectivity index (χ1) is 8.49. The molecule has 0 fully saturated rings. The minimum absolute atomic E-state index is 0. The molecular weight excluding hydrogens is 282 g/mol. The van der Waals surface area contributed by atoms with E-state index in [1.807, 2.05) is 0 Å². The summed E-state index contributed by atoms with van der Waals surface area (Å²) in [5, 5.41) is 2.17. The van der Waals surface area contributed by atoms with E-state index >= 15 is 0 Å². The van der Waals surface area contributed by atoms with Crippen molar-refractivity contribution in [3.63, 3.8) is 0 Å². The summed E-state index contributed by atoms with van der Waals surface area (Å²) in [5.74, 6) is -2.51. The average molecular weight is 297 g/mol. The highest BCUT2D eigenvalue weighted by Gasteiger charge is 2.17. The van der Waals surface area contributed by atoms with Gasteiger partial charge in [0, 0.05) is 19.2 Å². The first kappa shape index (κ1) is 17.6. The van der Waals surface area contributed by atoms with E-state index in [4.69, 9.17) is 5.73 Å². The van der Waals surface area contributed by atoms with Gasteiger partial charge in [-0.05, 0) is 0 Å². The Morgan fingerprint density at radius 3 is 2.53 bits per heavy atom. The normalized spacial score (nSPS) is 11.4. The zero-order chi connectivity index (χ0) is 13.7. The lowest BCUT2D eigenvalue weighted by molar-refractivity contribution is -0.118. The van der Waals surface area contributed by atoms with Crippen LogP contribution >= 0.6 is 12.4 Å². The summed E-state index contributed by atoms with van der Waals surface area (Å²) in [6, 6.07) is 0.706. The third-order valence-electron chi connectivity index (χ3n) is 2.18. The number of amides is 1. The van der Waals surface area contributed by atoms with Crippen molar-refractivity contribution >= 4 is 24.0 Å². The van der Waals surface area contributed by atoms with E-state index in [1.165, 1.54) is 14.2 Å². The predicted octanol–water partition coefficient (Wildman–Crippen LogP) is 1.31. The Kier molecular flexibility index (Phi) is 7.28. The summed E-state index contributed by atoms with van der Waals surface area (Å²) in [6.45, 7) is -0.0217. The lowest BCUT2D eigenvalue weighted by Crippen LogP contribution is -2.39. The van der Waals surface area contributed by atoms with E-state index in [-0.39, 0.29) is 30.5 Å². The van der Waals surface area contributed by atoms with Gasteiger partial charge >= 0.3 is 0 Å². The zero-order valence-corrected chi connectivity index (χ0v) is 11.2. The van der Waals surface area contributed by atoms with Crippen LogP contribution < -0.4 is 15.8 Å². The molecular formula is C11H15ClF2N2O3. The highest BCUT2D eigenvalue weighted by Crippen LogP contribution is 2.24. The van der Waals surface area contributed by atoms with Gasteiger partial charge in [-0.2, -0.15) is 0 Å². The van der Waals surface area contributed by atoms with E-state index < -0.39 is 23.6 Å². The molecule has 8 heteroatoms. The van der Waals surface area contributed by atoms with Crippen molar-refractivity contribution in [2.24, 2.45) is 5.73 Å². The number of nitrogens with two attached hydrogens (primary N) is 1. The molecule has 1 amide bonds. The molecule has 1 unspecified atom stereocenters. The molecule has 1 aromatic carbocycles. The molecule has 0 aliphatic heterocycles. The highest BCUT2D eigenvalue weighted by molar-refractivity contribution is 5.94. The maximum Gasteiger partial charge on any atom is 0.243 e. The molecule has 0 aromatic heterocycles. The van der Waals surface area contributed by atoms with Crippen LogP contribution in [0.3, 0.4) is 0 Å². The van der Waals surface area contributed by atoms with Crippen LogP contribution in [0.2, 0.25) is 0 Å². The quantitative estimate of drug-likeness (QED) is 0.859. The van der Waals surface area contributed by atoms with E-state index in [1.54, 1.807) is 0 Å². The standard InChI is InChI=1S/C11H14F2N2O3.ClH/c1-17-5-8(14)11(16)15-9-3-7(13)10(18-2)4-6(9)12;/h3-4,8H,5,14H2,1-2H3,(H,15,16);1H. The monoisotopic (exact) mass is 296 g/mol. The van der Waals surface area contributed by atoms with Crippen molar-refractivity contribution in [3.05, 3.63) is 23.8 Å². The van der Waals surface area contributed by atoms with Crippen molar-refractivity contribution in [2.75, 3.05) is 26.1 Å². The van der Waals surface area contributed by atoms with Crippen molar-refractivity contribution < 1.29 is 23.0 Å².